The molecular weight excluding hydrogens is 180 g/mol. The number of morpholine rings is 1. The van der Waals surface area contributed by atoms with Crippen molar-refractivity contribution in [3.63, 3.8) is 0 Å². The van der Waals surface area contributed by atoms with Crippen LogP contribution in [0.2, 0.25) is 0 Å². The first kappa shape index (κ1) is 9.43. The molecule has 4 nitrogen and oxygen atoms in total. The lowest BCUT2D eigenvalue weighted by atomic mass is 10.2. The van der Waals surface area contributed by atoms with Gasteiger partial charge in [0.2, 0.25) is 0 Å². The number of aliphatic hydroxyl groups excluding tert-OH is 1. The van der Waals surface area contributed by atoms with Crippen molar-refractivity contribution in [3.8, 4) is 0 Å². The molecule has 4 heteroatoms. The lowest BCUT2D eigenvalue weighted by molar-refractivity contribution is 0.122. The highest BCUT2D eigenvalue weighted by atomic mass is 16.5. The largest absolute Gasteiger partial charge is 0.392 e. The molecule has 76 valence electrons. The van der Waals surface area contributed by atoms with Gasteiger partial charge in [-0.25, -0.2) is 4.98 Å². The first-order valence-electron chi connectivity index (χ1n) is 4.78. The van der Waals surface area contributed by atoms with Gasteiger partial charge < -0.3 is 14.7 Å². The number of rotatable bonds is 2. The van der Waals surface area contributed by atoms with Crippen molar-refractivity contribution >= 4 is 5.82 Å². The Morgan fingerprint density at radius 2 is 2.21 bits per heavy atom. The molecule has 0 bridgehead atoms. The highest BCUT2D eigenvalue weighted by Crippen LogP contribution is 2.13. The molecular formula is C10H14N2O2. The van der Waals surface area contributed by atoms with E-state index in [4.69, 9.17) is 9.84 Å². The van der Waals surface area contributed by atoms with Crippen molar-refractivity contribution in [2.24, 2.45) is 0 Å². The molecule has 2 rings (SSSR count). The third-order valence-electron chi connectivity index (χ3n) is 2.33. The summed E-state index contributed by atoms with van der Waals surface area (Å²) in [6.45, 7) is 3.33. The highest BCUT2D eigenvalue weighted by Gasteiger charge is 2.11. The number of aliphatic hydroxyl groups is 1. The molecule has 0 unspecified atom stereocenters. The van der Waals surface area contributed by atoms with Crippen molar-refractivity contribution < 1.29 is 9.84 Å². The first-order chi connectivity index (χ1) is 6.90. The van der Waals surface area contributed by atoms with E-state index in [9.17, 15) is 0 Å². The number of aromatic nitrogens is 1. The summed E-state index contributed by atoms with van der Waals surface area (Å²) in [6.07, 6.45) is 1.73. The van der Waals surface area contributed by atoms with Gasteiger partial charge in [-0.15, -0.1) is 0 Å². The summed E-state index contributed by atoms with van der Waals surface area (Å²) in [5, 5.41) is 8.99. The van der Waals surface area contributed by atoms with Crippen LogP contribution >= 0.6 is 0 Å². The van der Waals surface area contributed by atoms with Gasteiger partial charge in [0.05, 0.1) is 19.8 Å². The molecule has 0 saturated carbocycles. The van der Waals surface area contributed by atoms with E-state index in [0.29, 0.717) is 0 Å². The van der Waals surface area contributed by atoms with E-state index in [1.165, 1.54) is 0 Å². The maximum atomic E-state index is 8.99. The van der Waals surface area contributed by atoms with Gasteiger partial charge in [0.15, 0.2) is 0 Å². The van der Waals surface area contributed by atoms with E-state index in [0.717, 1.165) is 37.7 Å². The first-order valence-corrected chi connectivity index (χ1v) is 4.78. The van der Waals surface area contributed by atoms with Gasteiger partial charge >= 0.3 is 0 Å². The van der Waals surface area contributed by atoms with Crippen LogP contribution in [-0.2, 0) is 11.3 Å². The summed E-state index contributed by atoms with van der Waals surface area (Å²) in [4.78, 5) is 6.44. The van der Waals surface area contributed by atoms with E-state index >= 15 is 0 Å². The van der Waals surface area contributed by atoms with Crippen LogP contribution in [0.3, 0.4) is 0 Å². The van der Waals surface area contributed by atoms with Crippen molar-refractivity contribution in [2.75, 3.05) is 31.2 Å². The van der Waals surface area contributed by atoms with Crippen molar-refractivity contribution in [2.45, 2.75) is 6.61 Å². The minimum Gasteiger partial charge on any atom is -0.392 e. The van der Waals surface area contributed by atoms with Crippen LogP contribution in [0, 0.1) is 0 Å². The lowest BCUT2D eigenvalue weighted by Crippen LogP contribution is -2.36. The monoisotopic (exact) mass is 194 g/mol. The number of hydrogen-bond donors (Lipinski definition) is 1. The lowest BCUT2D eigenvalue weighted by Gasteiger charge is -2.27. The molecule has 0 spiro atoms. The Bertz CT molecular complexity index is 298. The summed E-state index contributed by atoms with van der Waals surface area (Å²) in [5.74, 6) is 0.930. The minimum atomic E-state index is 0.0693. The van der Waals surface area contributed by atoms with E-state index in [2.05, 4.69) is 9.88 Å². The topological polar surface area (TPSA) is 45.6 Å². The maximum absolute atomic E-state index is 8.99. The SMILES string of the molecule is OCc1ccnc(N2CCOCC2)c1. The third kappa shape index (κ3) is 2.02. The predicted octanol–water partition coefficient (Wildman–Crippen LogP) is 0.411. The Kier molecular flexibility index (Phi) is 2.96. The molecule has 0 amide bonds. The fourth-order valence-electron chi connectivity index (χ4n) is 1.52. The standard InChI is InChI=1S/C10H14N2O2/c13-8-9-1-2-11-10(7-9)12-3-5-14-6-4-12/h1-2,7,13H,3-6,8H2. The van der Waals surface area contributed by atoms with E-state index in [1.54, 1.807) is 6.20 Å². The molecule has 1 aliphatic rings. The Morgan fingerprint density at radius 1 is 1.43 bits per heavy atom. The van der Waals surface area contributed by atoms with Crippen LogP contribution in [0.1, 0.15) is 5.56 Å². The van der Waals surface area contributed by atoms with Crippen LogP contribution in [0.15, 0.2) is 18.3 Å². The molecule has 0 atom stereocenters. The zero-order chi connectivity index (χ0) is 9.80. The Labute approximate surface area is 83.1 Å². The number of hydrogen-bond acceptors (Lipinski definition) is 4. The van der Waals surface area contributed by atoms with Gasteiger partial charge in [-0.05, 0) is 17.7 Å². The highest BCUT2D eigenvalue weighted by molar-refractivity contribution is 5.41. The Balaban J connectivity index is 2.13. The number of nitrogens with zero attached hydrogens (tertiary/aromatic N) is 2. The van der Waals surface area contributed by atoms with Gasteiger partial charge in [0, 0.05) is 19.3 Å². The van der Waals surface area contributed by atoms with Crippen molar-refractivity contribution in [1.29, 1.82) is 0 Å². The van der Waals surface area contributed by atoms with Gasteiger partial charge in [-0.1, -0.05) is 0 Å². The number of pyridine rings is 1. The third-order valence-corrected chi connectivity index (χ3v) is 2.33. The molecule has 1 aliphatic heterocycles. The summed E-state index contributed by atoms with van der Waals surface area (Å²) < 4.78 is 5.26. The maximum Gasteiger partial charge on any atom is 0.128 e. The molecule has 0 aromatic carbocycles. The molecule has 14 heavy (non-hydrogen) atoms. The average molecular weight is 194 g/mol. The van der Waals surface area contributed by atoms with Crippen LogP contribution in [0.5, 0.6) is 0 Å². The van der Waals surface area contributed by atoms with Crippen molar-refractivity contribution in [3.05, 3.63) is 23.9 Å². The van der Waals surface area contributed by atoms with Gasteiger partial charge in [-0.3, -0.25) is 0 Å². The molecule has 0 aliphatic carbocycles. The molecule has 1 N–H and O–H groups in total. The van der Waals surface area contributed by atoms with Gasteiger partial charge in [0.1, 0.15) is 5.82 Å². The van der Waals surface area contributed by atoms with E-state index in [-0.39, 0.29) is 6.61 Å². The van der Waals surface area contributed by atoms with Crippen LogP contribution in [-0.4, -0.2) is 36.4 Å². The van der Waals surface area contributed by atoms with E-state index < -0.39 is 0 Å². The second kappa shape index (κ2) is 4.39. The van der Waals surface area contributed by atoms with Gasteiger partial charge in [-0.2, -0.15) is 0 Å². The predicted molar refractivity (Wildman–Crippen MR) is 53.2 cm³/mol. The second-order valence-electron chi connectivity index (χ2n) is 3.28. The van der Waals surface area contributed by atoms with Crippen LogP contribution in [0.4, 0.5) is 5.82 Å². The fraction of sp³-hybridized carbons (Fsp3) is 0.500. The molecule has 2 heterocycles. The smallest absolute Gasteiger partial charge is 0.128 e. The summed E-state index contributed by atoms with van der Waals surface area (Å²) in [6, 6.07) is 3.75. The normalized spacial score (nSPS) is 17.1. The second-order valence-corrected chi connectivity index (χ2v) is 3.28. The number of anilines is 1. The Morgan fingerprint density at radius 3 is 2.93 bits per heavy atom. The van der Waals surface area contributed by atoms with Crippen LogP contribution < -0.4 is 4.90 Å². The molecule has 1 aromatic rings. The quantitative estimate of drug-likeness (QED) is 0.740. The summed E-state index contributed by atoms with van der Waals surface area (Å²) in [7, 11) is 0. The average Bonchev–Trinajstić information content (AvgIpc) is 2.30. The molecule has 0 radical (unpaired) electrons. The minimum absolute atomic E-state index is 0.0693. The van der Waals surface area contributed by atoms with Crippen molar-refractivity contribution in [1.82, 2.24) is 4.98 Å². The summed E-state index contributed by atoms with van der Waals surface area (Å²) in [5.41, 5.74) is 0.904. The van der Waals surface area contributed by atoms with E-state index in [1.807, 2.05) is 12.1 Å². The fourth-order valence-corrected chi connectivity index (χ4v) is 1.52. The van der Waals surface area contributed by atoms with Crippen LogP contribution in [0.25, 0.3) is 0 Å². The molecule has 1 aromatic heterocycles. The zero-order valence-electron chi connectivity index (χ0n) is 8.02. The Hall–Kier alpha value is -1.13. The molecule has 1 saturated heterocycles. The zero-order valence-corrected chi connectivity index (χ0v) is 8.02. The summed E-state index contributed by atoms with van der Waals surface area (Å²) >= 11 is 0. The van der Waals surface area contributed by atoms with Gasteiger partial charge in [0.25, 0.3) is 0 Å². The number of ether oxygens (including phenoxy) is 1. The molecule has 1 fully saturated rings.